The van der Waals surface area contributed by atoms with Crippen molar-refractivity contribution in [1.29, 1.82) is 0 Å². The Labute approximate surface area is 187 Å². The van der Waals surface area contributed by atoms with Gasteiger partial charge in [0.15, 0.2) is 5.76 Å². The fourth-order valence-corrected chi connectivity index (χ4v) is 3.35. The molecule has 0 saturated heterocycles. The molecule has 1 aromatic heterocycles. The van der Waals surface area contributed by atoms with E-state index >= 15 is 0 Å². The quantitative estimate of drug-likeness (QED) is 0.439. The number of ether oxygens (including phenoxy) is 1. The first-order valence-electron chi connectivity index (χ1n) is 10.1. The Bertz CT molecular complexity index is 987. The Balaban J connectivity index is 1.44. The lowest BCUT2D eigenvalue weighted by Gasteiger charge is -2.18. The van der Waals surface area contributed by atoms with Crippen LogP contribution in [-0.2, 0) is 13.0 Å². The summed E-state index contributed by atoms with van der Waals surface area (Å²) in [5.41, 5.74) is 1.96. The predicted molar refractivity (Wildman–Crippen MR) is 120 cm³/mol. The van der Waals surface area contributed by atoms with E-state index in [2.05, 4.69) is 17.6 Å². The molecule has 1 amide bonds. The third kappa shape index (κ3) is 6.85. The van der Waals surface area contributed by atoms with Gasteiger partial charge in [0.25, 0.3) is 5.91 Å². The highest BCUT2D eigenvalue weighted by Gasteiger charge is 2.11. The molecule has 3 aromatic rings. The van der Waals surface area contributed by atoms with Gasteiger partial charge in [0.1, 0.15) is 18.1 Å². The van der Waals surface area contributed by atoms with Gasteiger partial charge in [-0.15, -0.1) is 0 Å². The number of hydrogen-bond acceptors (Lipinski definition) is 5. The first-order valence-corrected chi connectivity index (χ1v) is 10.5. The van der Waals surface area contributed by atoms with Crippen LogP contribution in [0.4, 0.5) is 0 Å². The van der Waals surface area contributed by atoms with Crippen LogP contribution in [0.1, 0.15) is 40.5 Å². The van der Waals surface area contributed by atoms with Crippen molar-refractivity contribution in [2.24, 2.45) is 0 Å². The average molecular weight is 443 g/mol. The van der Waals surface area contributed by atoms with Gasteiger partial charge in [0, 0.05) is 24.7 Å². The molecular weight excluding hydrogens is 416 g/mol. The number of nitrogens with one attached hydrogen (secondary N) is 2. The topological polar surface area (TPSA) is 83.7 Å². The minimum atomic E-state index is -0.609. The van der Waals surface area contributed by atoms with E-state index in [1.807, 2.05) is 36.4 Å². The Hall–Kier alpha value is -2.80. The summed E-state index contributed by atoms with van der Waals surface area (Å²) in [4.78, 5) is 11.5. The first-order chi connectivity index (χ1) is 14.9. The Kier molecular flexibility index (Phi) is 8.12. The first kappa shape index (κ1) is 22.9. The number of halogens is 1. The lowest BCUT2D eigenvalue weighted by molar-refractivity contribution is 0.0931. The zero-order valence-corrected chi connectivity index (χ0v) is 18.4. The second kappa shape index (κ2) is 11.0. The summed E-state index contributed by atoms with van der Waals surface area (Å²) in [5, 5.41) is 16.8. The molecule has 6 nitrogen and oxygen atoms in total. The number of carbonyl (C=O) groups is 1. The van der Waals surface area contributed by atoms with E-state index in [-0.39, 0.29) is 24.3 Å². The van der Waals surface area contributed by atoms with Crippen LogP contribution in [0, 0.1) is 0 Å². The van der Waals surface area contributed by atoms with Crippen molar-refractivity contribution in [2.75, 3.05) is 13.6 Å². The zero-order chi connectivity index (χ0) is 22.2. The van der Waals surface area contributed by atoms with Gasteiger partial charge in [0.2, 0.25) is 0 Å². The summed E-state index contributed by atoms with van der Waals surface area (Å²) in [6.07, 6.45) is 0.207. The van der Waals surface area contributed by atoms with Crippen LogP contribution in [-0.4, -0.2) is 30.6 Å². The summed E-state index contributed by atoms with van der Waals surface area (Å²) in [5.74, 6) is 1.30. The number of aliphatic hydroxyl groups is 1. The third-order valence-corrected chi connectivity index (χ3v) is 5.09. The fourth-order valence-electron chi connectivity index (χ4n) is 3.15. The minimum absolute atomic E-state index is 0.187. The summed E-state index contributed by atoms with van der Waals surface area (Å²) in [7, 11) is 1.56. The monoisotopic (exact) mass is 442 g/mol. The van der Waals surface area contributed by atoms with Gasteiger partial charge in [-0.25, -0.2) is 0 Å². The Morgan fingerprint density at radius 1 is 1.16 bits per heavy atom. The number of rotatable bonds is 10. The van der Waals surface area contributed by atoms with Gasteiger partial charge in [0.05, 0.1) is 6.10 Å². The molecule has 2 unspecified atom stereocenters. The molecule has 7 heteroatoms. The number of amides is 1. The number of aliphatic hydroxyl groups excluding tert-OH is 1. The molecule has 0 aliphatic heterocycles. The number of hydrogen-bond donors (Lipinski definition) is 3. The van der Waals surface area contributed by atoms with E-state index in [9.17, 15) is 9.90 Å². The van der Waals surface area contributed by atoms with Crippen molar-refractivity contribution >= 4 is 17.5 Å². The second-order valence-corrected chi connectivity index (χ2v) is 7.80. The van der Waals surface area contributed by atoms with Crippen LogP contribution < -0.4 is 15.4 Å². The van der Waals surface area contributed by atoms with Crippen LogP contribution in [0.15, 0.2) is 65.1 Å². The highest BCUT2D eigenvalue weighted by atomic mass is 35.5. The van der Waals surface area contributed by atoms with E-state index in [1.165, 1.54) is 0 Å². The Morgan fingerprint density at radius 3 is 2.65 bits per heavy atom. The van der Waals surface area contributed by atoms with Crippen LogP contribution in [0.3, 0.4) is 0 Å². The molecule has 0 aliphatic carbocycles. The maximum absolute atomic E-state index is 11.5. The largest absolute Gasteiger partial charge is 0.486 e. The number of furan rings is 1. The molecule has 3 N–H and O–H groups in total. The number of carbonyl (C=O) groups excluding carboxylic acids is 1. The highest BCUT2D eigenvalue weighted by molar-refractivity contribution is 6.30. The van der Waals surface area contributed by atoms with E-state index in [0.717, 1.165) is 23.3 Å². The predicted octanol–water partition coefficient (Wildman–Crippen LogP) is 4.13. The second-order valence-electron chi connectivity index (χ2n) is 7.36. The summed E-state index contributed by atoms with van der Waals surface area (Å²) in [6.45, 7) is 2.77. The molecule has 164 valence electrons. The molecule has 0 fully saturated rings. The molecule has 0 spiro atoms. The van der Waals surface area contributed by atoms with Crippen molar-refractivity contribution in [3.8, 4) is 5.75 Å². The van der Waals surface area contributed by atoms with Crippen molar-refractivity contribution < 1.29 is 19.1 Å². The molecule has 3 rings (SSSR count). The Morgan fingerprint density at radius 2 is 1.94 bits per heavy atom. The molecule has 1 heterocycles. The van der Waals surface area contributed by atoms with E-state index in [4.69, 9.17) is 20.8 Å². The van der Waals surface area contributed by atoms with Gasteiger partial charge in [-0.3, -0.25) is 4.79 Å². The molecular formula is C24H27ClN2O4. The van der Waals surface area contributed by atoms with Crippen molar-refractivity contribution in [3.05, 3.63) is 88.3 Å². The third-order valence-electron chi connectivity index (χ3n) is 4.85. The van der Waals surface area contributed by atoms with Gasteiger partial charge in [-0.1, -0.05) is 35.9 Å². The smallest absolute Gasteiger partial charge is 0.286 e. The van der Waals surface area contributed by atoms with Gasteiger partial charge in [-0.2, -0.15) is 0 Å². The molecule has 0 radical (unpaired) electrons. The fraction of sp³-hybridized carbons (Fsp3) is 0.292. The van der Waals surface area contributed by atoms with Gasteiger partial charge in [-0.05, 0) is 60.9 Å². The summed E-state index contributed by atoms with van der Waals surface area (Å²) < 4.78 is 11.2. The maximum atomic E-state index is 11.5. The zero-order valence-electron chi connectivity index (χ0n) is 17.6. The van der Waals surface area contributed by atoms with E-state index < -0.39 is 6.10 Å². The lowest BCUT2D eigenvalue weighted by Crippen LogP contribution is -2.32. The van der Waals surface area contributed by atoms with Gasteiger partial charge < -0.3 is 24.9 Å². The van der Waals surface area contributed by atoms with E-state index in [0.29, 0.717) is 17.3 Å². The maximum Gasteiger partial charge on any atom is 0.286 e. The molecule has 31 heavy (non-hydrogen) atoms. The van der Waals surface area contributed by atoms with Crippen molar-refractivity contribution in [1.82, 2.24) is 10.6 Å². The number of benzene rings is 2. The van der Waals surface area contributed by atoms with Crippen LogP contribution in [0.5, 0.6) is 5.75 Å². The molecule has 2 atom stereocenters. The van der Waals surface area contributed by atoms with Crippen LogP contribution in [0.25, 0.3) is 0 Å². The van der Waals surface area contributed by atoms with Crippen LogP contribution >= 0.6 is 11.6 Å². The summed E-state index contributed by atoms with van der Waals surface area (Å²) >= 11 is 5.99. The van der Waals surface area contributed by atoms with Crippen LogP contribution in [0.2, 0.25) is 5.02 Å². The minimum Gasteiger partial charge on any atom is -0.486 e. The molecule has 2 aromatic carbocycles. The molecule has 0 saturated carbocycles. The van der Waals surface area contributed by atoms with Gasteiger partial charge >= 0.3 is 0 Å². The summed E-state index contributed by atoms with van der Waals surface area (Å²) in [6, 6.07) is 18.6. The SMILES string of the molecule is CNC(=O)c1ccc(COc2ccc(CC(C)NCC(O)c3cccc(Cl)c3)cc2)o1. The molecule has 0 aliphatic rings. The standard InChI is InChI=1S/C24H27ClN2O4/c1-16(27-14-22(28)18-4-3-5-19(25)13-18)12-17-6-8-20(9-7-17)30-15-21-10-11-23(31-21)24(29)26-2/h3-11,13,16,22,27-28H,12,14-15H2,1-2H3,(H,26,29). The normalized spacial score (nSPS) is 12.9. The van der Waals surface area contributed by atoms with E-state index in [1.54, 1.807) is 31.3 Å². The molecule has 0 bridgehead atoms. The highest BCUT2D eigenvalue weighted by Crippen LogP contribution is 2.18. The average Bonchev–Trinajstić information content (AvgIpc) is 3.25. The van der Waals surface area contributed by atoms with Crippen molar-refractivity contribution in [3.63, 3.8) is 0 Å². The van der Waals surface area contributed by atoms with Crippen molar-refractivity contribution in [2.45, 2.75) is 32.1 Å². The lowest BCUT2D eigenvalue weighted by atomic mass is 10.1.